The normalized spacial score (nSPS) is 20.0. The summed E-state index contributed by atoms with van der Waals surface area (Å²) >= 11 is 0. The molecule has 1 amide bonds. The molecule has 1 aliphatic heterocycles. The minimum atomic E-state index is -0.344. The van der Waals surface area contributed by atoms with E-state index in [-0.39, 0.29) is 24.5 Å². The van der Waals surface area contributed by atoms with Crippen LogP contribution in [0, 0.1) is 0 Å². The summed E-state index contributed by atoms with van der Waals surface area (Å²) in [6.45, 7) is 4.11. The predicted molar refractivity (Wildman–Crippen MR) is 70.7 cm³/mol. The molecule has 6 heteroatoms. The number of hydrogen-bond acceptors (Lipinski definition) is 5. The van der Waals surface area contributed by atoms with Crippen molar-refractivity contribution in [2.45, 2.75) is 32.2 Å². The van der Waals surface area contributed by atoms with Gasteiger partial charge in [0, 0.05) is 13.6 Å². The summed E-state index contributed by atoms with van der Waals surface area (Å²) in [6.07, 6.45) is 3.07. The molecular formula is C13H24N2O4. The van der Waals surface area contributed by atoms with Crippen molar-refractivity contribution in [3.8, 4) is 0 Å². The number of rotatable bonds is 7. The number of carbonyl (C=O) groups is 2. The van der Waals surface area contributed by atoms with Gasteiger partial charge in [0.25, 0.3) is 0 Å². The second kappa shape index (κ2) is 8.87. The molecule has 1 heterocycles. The number of likely N-dealkylation sites (N-methyl/N-ethyl adjacent to an activating group) is 1. The highest BCUT2D eigenvalue weighted by molar-refractivity contribution is 5.81. The monoisotopic (exact) mass is 272 g/mol. The lowest BCUT2D eigenvalue weighted by Gasteiger charge is -2.34. The number of nitrogens with zero attached hydrogens (tertiary/aromatic N) is 1. The quantitative estimate of drug-likeness (QED) is 0.528. The molecule has 0 radical (unpaired) electrons. The highest BCUT2D eigenvalue weighted by Gasteiger charge is 2.27. The summed E-state index contributed by atoms with van der Waals surface area (Å²) in [6, 6.07) is -0.0649. The summed E-state index contributed by atoms with van der Waals surface area (Å²) < 4.78 is 10.0. The molecular weight excluding hydrogens is 248 g/mol. The third-order valence-corrected chi connectivity index (χ3v) is 3.21. The molecule has 0 aromatic rings. The zero-order chi connectivity index (χ0) is 14.1. The number of likely N-dealkylation sites (tertiary alicyclic amines) is 1. The molecule has 1 N–H and O–H groups in total. The molecule has 1 fully saturated rings. The van der Waals surface area contributed by atoms with E-state index in [9.17, 15) is 9.59 Å². The number of carbonyl (C=O) groups excluding carboxylic acids is 2. The van der Waals surface area contributed by atoms with E-state index in [0.29, 0.717) is 19.8 Å². The van der Waals surface area contributed by atoms with Crippen molar-refractivity contribution in [3.05, 3.63) is 0 Å². The molecule has 6 nitrogen and oxygen atoms in total. The first kappa shape index (κ1) is 15.9. The van der Waals surface area contributed by atoms with Crippen LogP contribution in [-0.4, -0.2) is 62.8 Å². The van der Waals surface area contributed by atoms with E-state index in [4.69, 9.17) is 9.47 Å². The van der Waals surface area contributed by atoms with E-state index in [2.05, 4.69) is 10.2 Å². The minimum absolute atomic E-state index is 0.0215. The maximum atomic E-state index is 11.7. The molecule has 1 rings (SSSR count). The largest absolute Gasteiger partial charge is 0.464 e. The first-order valence-corrected chi connectivity index (χ1v) is 6.88. The lowest BCUT2D eigenvalue weighted by molar-refractivity contribution is -0.148. The average molecular weight is 272 g/mol. The highest BCUT2D eigenvalue weighted by Crippen LogP contribution is 2.16. The summed E-state index contributed by atoms with van der Waals surface area (Å²) in [5.41, 5.74) is 0. The molecule has 19 heavy (non-hydrogen) atoms. The van der Waals surface area contributed by atoms with Crippen molar-refractivity contribution in [1.29, 1.82) is 0 Å². The number of nitrogens with one attached hydrogen (secondary N) is 1. The number of ether oxygens (including phenoxy) is 2. The Hall–Kier alpha value is -1.14. The van der Waals surface area contributed by atoms with Crippen LogP contribution in [0.25, 0.3) is 0 Å². The van der Waals surface area contributed by atoms with Gasteiger partial charge in [-0.3, -0.25) is 9.69 Å². The van der Waals surface area contributed by atoms with Gasteiger partial charge >= 0.3 is 5.97 Å². The van der Waals surface area contributed by atoms with Crippen LogP contribution in [-0.2, 0) is 19.1 Å². The molecule has 0 saturated carbocycles. The summed E-state index contributed by atoms with van der Waals surface area (Å²) in [5, 5.41) is 2.69. The fourth-order valence-electron chi connectivity index (χ4n) is 2.26. The molecule has 0 aliphatic carbocycles. The van der Waals surface area contributed by atoms with E-state index in [1.54, 1.807) is 14.0 Å². The number of piperidine rings is 1. The number of amides is 1. The molecule has 0 bridgehead atoms. The van der Waals surface area contributed by atoms with Crippen LogP contribution in [0.3, 0.4) is 0 Å². The molecule has 1 atom stereocenters. The Morgan fingerprint density at radius 1 is 1.37 bits per heavy atom. The zero-order valence-corrected chi connectivity index (χ0v) is 11.8. The second-order valence-corrected chi connectivity index (χ2v) is 4.52. The first-order valence-electron chi connectivity index (χ1n) is 6.88. The molecule has 1 saturated heterocycles. The van der Waals surface area contributed by atoms with Gasteiger partial charge in [0.1, 0.15) is 6.61 Å². The van der Waals surface area contributed by atoms with E-state index in [1.165, 1.54) is 0 Å². The predicted octanol–water partition coefficient (Wildman–Crippen LogP) is 0.167. The van der Waals surface area contributed by atoms with Gasteiger partial charge in [-0.25, -0.2) is 4.79 Å². The van der Waals surface area contributed by atoms with E-state index < -0.39 is 0 Å². The zero-order valence-electron chi connectivity index (χ0n) is 11.8. The van der Waals surface area contributed by atoms with Crippen molar-refractivity contribution >= 4 is 11.9 Å². The van der Waals surface area contributed by atoms with Crippen LogP contribution >= 0.6 is 0 Å². The Labute approximate surface area is 114 Å². The van der Waals surface area contributed by atoms with Crippen LogP contribution in [0.15, 0.2) is 0 Å². The van der Waals surface area contributed by atoms with Gasteiger partial charge in [0.05, 0.1) is 19.3 Å². The van der Waals surface area contributed by atoms with Gasteiger partial charge in [0.2, 0.25) is 5.91 Å². The molecule has 1 unspecified atom stereocenters. The standard InChI is InChI=1S/C13H24N2O4/c1-3-19-12(16)10-18-9-8-15-7-5-4-6-11(15)13(17)14-2/h11H,3-10H2,1-2H3,(H,14,17). The Morgan fingerprint density at radius 2 is 2.16 bits per heavy atom. The molecule has 0 aromatic carbocycles. The maximum absolute atomic E-state index is 11.7. The fraction of sp³-hybridized carbons (Fsp3) is 0.846. The van der Waals surface area contributed by atoms with Crippen molar-refractivity contribution in [3.63, 3.8) is 0 Å². The van der Waals surface area contributed by atoms with Gasteiger partial charge in [0.15, 0.2) is 0 Å². The highest BCUT2D eigenvalue weighted by atomic mass is 16.6. The topological polar surface area (TPSA) is 67.9 Å². The first-order chi connectivity index (χ1) is 9.19. The molecule has 0 aromatic heterocycles. The lowest BCUT2D eigenvalue weighted by Crippen LogP contribution is -2.49. The molecule has 0 spiro atoms. The third kappa shape index (κ3) is 5.57. The van der Waals surface area contributed by atoms with E-state index in [1.807, 2.05) is 0 Å². The SMILES string of the molecule is CCOC(=O)COCCN1CCCCC1C(=O)NC. The van der Waals surface area contributed by atoms with Crippen molar-refractivity contribution in [1.82, 2.24) is 10.2 Å². The van der Waals surface area contributed by atoms with Crippen LogP contribution in [0.4, 0.5) is 0 Å². The Bertz CT molecular complexity index is 296. The molecule has 1 aliphatic rings. The van der Waals surface area contributed by atoms with Gasteiger partial charge in [-0.1, -0.05) is 6.42 Å². The van der Waals surface area contributed by atoms with Crippen molar-refractivity contribution in [2.75, 3.05) is 40.0 Å². The van der Waals surface area contributed by atoms with Crippen LogP contribution in [0.2, 0.25) is 0 Å². The maximum Gasteiger partial charge on any atom is 0.332 e. The van der Waals surface area contributed by atoms with Crippen LogP contribution in [0.5, 0.6) is 0 Å². The lowest BCUT2D eigenvalue weighted by atomic mass is 10.0. The van der Waals surface area contributed by atoms with Gasteiger partial charge < -0.3 is 14.8 Å². The summed E-state index contributed by atoms with van der Waals surface area (Å²) in [4.78, 5) is 24.9. The van der Waals surface area contributed by atoms with Crippen LogP contribution in [0.1, 0.15) is 26.2 Å². The molecule has 110 valence electrons. The number of esters is 1. The smallest absolute Gasteiger partial charge is 0.332 e. The van der Waals surface area contributed by atoms with E-state index in [0.717, 1.165) is 25.8 Å². The average Bonchev–Trinajstić information content (AvgIpc) is 2.43. The fourth-order valence-corrected chi connectivity index (χ4v) is 2.26. The van der Waals surface area contributed by atoms with Crippen molar-refractivity contribution < 1.29 is 19.1 Å². The Morgan fingerprint density at radius 3 is 2.84 bits per heavy atom. The second-order valence-electron chi connectivity index (χ2n) is 4.52. The van der Waals surface area contributed by atoms with E-state index >= 15 is 0 Å². The van der Waals surface area contributed by atoms with Gasteiger partial charge in [-0.2, -0.15) is 0 Å². The van der Waals surface area contributed by atoms with Gasteiger partial charge in [-0.15, -0.1) is 0 Å². The summed E-state index contributed by atoms with van der Waals surface area (Å²) in [7, 11) is 1.66. The van der Waals surface area contributed by atoms with Crippen molar-refractivity contribution in [2.24, 2.45) is 0 Å². The van der Waals surface area contributed by atoms with Gasteiger partial charge in [-0.05, 0) is 26.3 Å². The number of hydrogen-bond donors (Lipinski definition) is 1. The Kier molecular flexibility index (Phi) is 7.43. The third-order valence-electron chi connectivity index (χ3n) is 3.21. The Balaban J connectivity index is 2.25. The summed E-state index contributed by atoms with van der Waals surface area (Å²) in [5.74, 6) is -0.283. The van der Waals surface area contributed by atoms with Crippen LogP contribution < -0.4 is 5.32 Å². The minimum Gasteiger partial charge on any atom is -0.464 e.